The zero-order valence-corrected chi connectivity index (χ0v) is 13.6. The largest absolute Gasteiger partial charge is 0.478 e. The van der Waals surface area contributed by atoms with Crippen molar-refractivity contribution in [1.29, 1.82) is 0 Å². The van der Waals surface area contributed by atoms with Gasteiger partial charge in [0.1, 0.15) is 0 Å². The molecule has 0 aromatic heterocycles. The van der Waals surface area contributed by atoms with Crippen LogP contribution in [-0.4, -0.2) is 50.1 Å². The Morgan fingerprint density at radius 1 is 1.48 bits per heavy atom. The fraction of sp³-hybridized carbons (Fsp3) is 0.462. The number of halogens is 1. The Morgan fingerprint density at radius 2 is 2.10 bits per heavy atom. The van der Waals surface area contributed by atoms with Gasteiger partial charge in [0.15, 0.2) is 0 Å². The summed E-state index contributed by atoms with van der Waals surface area (Å²) in [7, 11) is -2.33. The Morgan fingerprint density at radius 3 is 2.57 bits per heavy atom. The molecule has 0 saturated carbocycles. The van der Waals surface area contributed by atoms with Gasteiger partial charge in [0.25, 0.3) is 0 Å². The minimum Gasteiger partial charge on any atom is -0.478 e. The third-order valence-corrected chi connectivity index (χ3v) is 5.40. The van der Waals surface area contributed by atoms with E-state index in [9.17, 15) is 13.2 Å². The van der Waals surface area contributed by atoms with E-state index in [1.54, 1.807) is 13.8 Å². The van der Waals surface area contributed by atoms with Crippen molar-refractivity contribution in [2.24, 2.45) is 0 Å². The average molecular weight is 336 g/mol. The molecule has 0 spiro atoms. The quantitative estimate of drug-likeness (QED) is 0.824. The first kappa shape index (κ1) is 17.9. The lowest BCUT2D eigenvalue weighted by Gasteiger charge is -2.26. The van der Waals surface area contributed by atoms with Crippen molar-refractivity contribution in [3.05, 3.63) is 28.8 Å². The standard InChI is InChI=1S/C13H18ClNO5S/c1-4-15(9(2)8-20-3)21(18,19)10-5-6-12(14)11(7-10)13(16)17/h5-7,9H,4,8H2,1-3H3,(H,16,17). The van der Waals surface area contributed by atoms with Gasteiger partial charge in [0.2, 0.25) is 10.0 Å². The molecular weight excluding hydrogens is 318 g/mol. The molecular formula is C13H18ClNO5S. The van der Waals surface area contributed by atoms with Crippen LogP contribution in [0.4, 0.5) is 0 Å². The van der Waals surface area contributed by atoms with Crippen LogP contribution in [0.25, 0.3) is 0 Å². The van der Waals surface area contributed by atoms with Gasteiger partial charge in [-0.15, -0.1) is 0 Å². The first-order valence-corrected chi connectivity index (χ1v) is 8.11. The van der Waals surface area contributed by atoms with Crippen molar-refractivity contribution < 1.29 is 23.1 Å². The van der Waals surface area contributed by atoms with Gasteiger partial charge < -0.3 is 9.84 Å². The van der Waals surface area contributed by atoms with Crippen LogP contribution in [0.2, 0.25) is 5.02 Å². The summed E-state index contributed by atoms with van der Waals surface area (Å²) in [5.41, 5.74) is -0.242. The smallest absolute Gasteiger partial charge is 0.337 e. The van der Waals surface area contributed by atoms with Gasteiger partial charge in [-0.3, -0.25) is 0 Å². The maximum Gasteiger partial charge on any atom is 0.337 e. The number of methoxy groups -OCH3 is 1. The second kappa shape index (κ2) is 7.22. The van der Waals surface area contributed by atoms with Crippen molar-refractivity contribution in [2.45, 2.75) is 24.8 Å². The van der Waals surface area contributed by atoms with Crippen molar-refractivity contribution in [3.63, 3.8) is 0 Å². The molecule has 0 aliphatic rings. The summed E-state index contributed by atoms with van der Waals surface area (Å²) in [5, 5.41) is 9.03. The first-order chi connectivity index (χ1) is 9.75. The number of nitrogens with zero attached hydrogens (tertiary/aromatic N) is 1. The first-order valence-electron chi connectivity index (χ1n) is 6.29. The minimum absolute atomic E-state index is 0.00515. The topological polar surface area (TPSA) is 83.9 Å². The van der Waals surface area contributed by atoms with Crippen molar-refractivity contribution in [2.75, 3.05) is 20.3 Å². The fourth-order valence-electron chi connectivity index (χ4n) is 2.01. The molecule has 0 heterocycles. The van der Waals surface area contributed by atoms with Gasteiger partial charge in [0.05, 0.1) is 22.1 Å². The van der Waals surface area contributed by atoms with Crippen LogP contribution in [-0.2, 0) is 14.8 Å². The van der Waals surface area contributed by atoms with Gasteiger partial charge >= 0.3 is 5.97 Å². The van der Waals surface area contributed by atoms with Crippen LogP contribution in [0.15, 0.2) is 23.1 Å². The number of aromatic carboxylic acids is 1. The van der Waals surface area contributed by atoms with Crippen LogP contribution in [0.3, 0.4) is 0 Å². The Bertz CT molecular complexity index is 617. The lowest BCUT2D eigenvalue weighted by molar-refractivity contribution is 0.0697. The van der Waals surface area contributed by atoms with Crippen LogP contribution in [0, 0.1) is 0 Å². The SMILES string of the molecule is CCN(C(C)COC)S(=O)(=O)c1ccc(Cl)c(C(=O)O)c1. The van der Waals surface area contributed by atoms with Gasteiger partial charge in [0, 0.05) is 19.7 Å². The zero-order valence-electron chi connectivity index (χ0n) is 12.0. The summed E-state index contributed by atoms with van der Waals surface area (Å²) in [5.74, 6) is -1.27. The van der Waals surface area contributed by atoms with E-state index in [1.165, 1.54) is 23.5 Å². The fourth-order valence-corrected chi connectivity index (χ4v) is 3.86. The summed E-state index contributed by atoms with van der Waals surface area (Å²) in [6, 6.07) is 3.27. The molecule has 21 heavy (non-hydrogen) atoms. The van der Waals surface area contributed by atoms with Crippen LogP contribution >= 0.6 is 11.6 Å². The van der Waals surface area contributed by atoms with E-state index in [1.807, 2.05) is 0 Å². The molecule has 0 bridgehead atoms. The molecule has 1 atom stereocenters. The summed E-state index contributed by atoms with van der Waals surface area (Å²) >= 11 is 5.76. The highest BCUT2D eigenvalue weighted by Gasteiger charge is 2.28. The Hall–Kier alpha value is -1.15. The van der Waals surface area contributed by atoms with Gasteiger partial charge in [-0.1, -0.05) is 18.5 Å². The third-order valence-electron chi connectivity index (χ3n) is 2.99. The number of hydrogen-bond acceptors (Lipinski definition) is 4. The molecule has 1 aromatic carbocycles. The number of carboxylic acids is 1. The minimum atomic E-state index is -3.81. The highest BCUT2D eigenvalue weighted by Crippen LogP contribution is 2.24. The monoisotopic (exact) mass is 335 g/mol. The van der Waals surface area contributed by atoms with E-state index in [2.05, 4.69) is 0 Å². The molecule has 1 N–H and O–H groups in total. The number of carboxylic acid groups (broad SMARTS) is 1. The second-order valence-corrected chi connectivity index (χ2v) is 6.76. The molecule has 0 aliphatic carbocycles. The second-order valence-electron chi connectivity index (χ2n) is 4.46. The van der Waals surface area contributed by atoms with Crippen molar-refractivity contribution >= 4 is 27.6 Å². The normalized spacial score (nSPS) is 13.4. The molecule has 8 heteroatoms. The molecule has 1 aromatic rings. The summed E-state index contributed by atoms with van der Waals surface area (Å²) in [6.07, 6.45) is 0. The predicted octanol–water partition coefficient (Wildman–Crippen LogP) is 2.08. The number of likely N-dealkylation sites (N-methyl/N-ethyl adjacent to an activating group) is 1. The highest BCUT2D eigenvalue weighted by molar-refractivity contribution is 7.89. The van der Waals surface area contributed by atoms with Gasteiger partial charge in [-0.2, -0.15) is 4.31 Å². The summed E-state index contributed by atoms with van der Waals surface area (Å²) in [6.45, 7) is 3.92. The summed E-state index contributed by atoms with van der Waals surface area (Å²) in [4.78, 5) is 11.0. The molecule has 118 valence electrons. The number of rotatable bonds is 7. The molecule has 6 nitrogen and oxygen atoms in total. The number of ether oxygens (including phenoxy) is 1. The average Bonchev–Trinajstić information content (AvgIpc) is 2.39. The number of hydrogen-bond donors (Lipinski definition) is 1. The molecule has 0 fully saturated rings. The maximum atomic E-state index is 12.6. The molecule has 0 radical (unpaired) electrons. The zero-order chi connectivity index (χ0) is 16.2. The lowest BCUT2D eigenvalue weighted by Crippen LogP contribution is -2.40. The Labute approximate surface area is 129 Å². The van der Waals surface area contributed by atoms with Gasteiger partial charge in [-0.05, 0) is 25.1 Å². The van der Waals surface area contributed by atoms with E-state index in [4.69, 9.17) is 21.4 Å². The lowest BCUT2D eigenvalue weighted by atomic mass is 10.2. The molecule has 0 aliphatic heterocycles. The van der Waals surface area contributed by atoms with E-state index in [-0.39, 0.29) is 34.7 Å². The van der Waals surface area contributed by atoms with Crippen LogP contribution < -0.4 is 0 Å². The number of benzene rings is 1. The number of carbonyl (C=O) groups is 1. The molecule has 1 unspecified atom stereocenters. The molecule has 1 rings (SSSR count). The maximum absolute atomic E-state index is 12.6. The van der Waals surface area contributed by atoms with Crippen molar-refractivity contribution in [3.8, 4) is 0 Å². The predicted molar refractivity (Wildman–Crippen MR) is 79.3 cm³/mol. The van der Waals surface area contributed by atoms with E-state index in [0.29, 0.717) is 0 Å². The van der Waals surface area contributed by atoms with Crippen molar-refractivity contribution in [1.82, 2.24) is 4.31 Å². The third kappa shape index (κ3) is 3.94. The summed E-state index contributed by atoms with van der Waals surface area (Å²) < 4.78 is 31.4. The van der Waals surface area contributed by atoms with E-state index < -0.39 is 16.0 Å². The Balaban J connectivity index is 3.29. The molecule has 0 amide bonds. The van der Waals surface area contributed by atoms with Gasteiger partial charge in [-0.25, -0.2) is 13.2 Å². The van der Waals surface area contributed by atoms with E-state index in [0.717, 1.165) is 6.07 Å². The Kier molecular flexibility index (Phi) is 6.15. The van der Waals surface area contributed by atoms with E-state index >= 15 is 0 Å². The highest BCUT2D eigenvalue weighted by atomic mass is 35.5. The van der Waals surface area contributed by atoms with Crippen LogP contribution in [0.5, 0.6) is 0 Å². The number of sulfonamides is 1. The molecule has 0 saturated heterocycles. The van der Waals surface area contributed by atoms with Crippen LogP contribution in [0.1, 0.15) is 24.2 Å².